The second-order valence-corrected chi connectivity index (χ2v) is 6.55. The van der Waals surface area contributed by atoms with Crippen LogP contribution in [0, 0.1) is 0 Å². The summed E-state index contributed by atoms with van der Waals surface area (Å²) in [6, 6.07) is 8.25. The van der Waals surface area contributed by atoms with Crippen LogP contribution in [0.5, 0.6) is 0 Å². The molecule has 0 bridgehead atoms. The number of rotatable bonds is 5. The number of likely N-dealkylation sites (N-methyl/N-ethyl adjacent to an activating group) is 2. The molecule has 0 atom stereocenters. The lowest BCUT2D eigenvalue weighted by atomic mass is 9.77. The van der Waals surface area contributed by atoms with Crippen molar-refractivity contribution in [1.82, 2.24) is 10.2 Å². The van der Waals surface area contributed by atoms with Crippen molar-refractivity contribution < 1.29 is 4.79 Å². The molecular formula is C16H24BrClN2O. The molecule has 2 rings (SSSR count). The predicted molar refractivity (Wildman–Crippen MR) is 93.1 cm³/mol. The summed E-state index contributed by atoms with van der Waals surface area (Å²) in [6.45, 7) is 1.59. The van der Waals surface area contributed by atoms with Crippen LogP contribution >= 0.6 is 28.3 Å². The highest BCUT2D eigenvalue weighted by atomic mass is 79.9. The zero-order valence-electron chi connectivity index (χ0n) is 12.7. The van der Waals surface area contributed by atoms with Gasteiger partial charge in [0.05, 0.1) is 5.41 Å². The Bertz CT molecular complexity index is 475. The number of nitrogens with one attached hydrogen (secondary N) is 1. The van der Waals surface area contributed by atoms with Crippen LogP contribution in [0.25, 0.3) is 0 Å². The van der Waals surface area contributed by atoms with Gasteiger partial charge in [0, 0.05) is 24.6 Å². The van der Waals surface area contributed by atoms with E-state index in [9.17, 15) is 4.79 Å². The smallest absolute Gasteiger partial charge is 0.233 e. The molecule has 1 aliphatic carbocycles. The Kier molecular flexibility index (Phi) is 7.17. The average Bonchev–Trinajstić information content (AvgIpc) is 2.94. The first-order valence-corrected chi connectivity index (χ1v) is 8.06. The topological polar surface area (TPSA) is 32.3 Å². The number of hydrogen-bond acceptors (Lipinski definition) is 2. The number of halogens is 2. The SMILES string of the molecule is CNCCN(C)C(=O)C1(c2cccc(Br)c2)CCCC1.Cl. The van der Waals surface area contributed by atoms with Gasteiger partial charge >= 0.3 is 0 Å². The van der Waals surface area contributed by atoms with E-state index in [4.69, 9.17) is 0 Å². The molecular weight excluding hydrogens is 352 g/mol. The molecule has 5 heteroatoms. The van der Waals surface area contributed by atoms with Crippen LogP contribution < -0.4 is 5.32 Å². The van der Waals surface area contributed by atoms with Gasteiger partial charge in [0.15, 0.2) is 0 Å². The Labute approximate surface area is 142 Å². The molecule has 1 saturated carbocycles. The summed E-state index contributed by atoms with van der Waals surface area (Å²) in [4.78, 5) is 14.8. The Morgan fingerprint density at radius 2 is 2.05 bits per heavy atom. The number of carbonyl (C=O) groups excluding carboxylic acids is 1. The number of amides is 1. The van der Waals surface area contributed by atoms with E-state index in [0.29, 0.717) is 0 Å². The Morgan fingerprint density at radius 3 is 2.62 bits per heavy atom. The third-order valence-corrected chi connectivity index (χ3v) is 4.78. The van der Waals surface area contributed by atoms with Crippen LogP contribution in [0.4, 0.5) is 0 Å². The minimum Gasteiger partial charge on any atom is -0.344 e. The van der Waals surface area contributed by atoms with Crippen molar-refractivity contribution >= 4 is 34.2 Å². The quantitative estimate of drug-likeness (QED) is 0.856. The molecule has 1 aliphatic rings. The molecule has 0 aromatic heterocycles. The molecule has 0 radical (unpaired) electrons. The van der Waals surface area contributed by atoms with Crippen LogP contribution in [-0.4, -0.2) is 38.0 Å². The molecule has 0 unspecified atom stereocenters. The van der Waals surface area contributed by atoms with Gasteiger partial charge in [-0.1, -0.05) is 40.9 Å². The van der Waals surface area contributed by atoms with Crippen LogP contribution in [0.15, 0.2) is 28.7 Å². The lowest BCUT2D eigenvalue weighted by molar-refractivity contribution is -0.136. The van der Waals surface area contributed by atoms with Crippen molar-refractivity contribution in [2.24, 2.45) is 0 Å². The van der Waals surface area contributed by atoms with E-state index in [1.807, 2.05) is 31.1 Å². The fraction of sp³-hybridized carbons (Fsp3) is 0.562. The predicted octanol–water partition coefficient (Wildman–Crippen LogP) is 3.36. The fourth-order valence-electron chi connectivity index (χ4n) is 3.14. The van der Waals surface area contributed by atoms with Crippen LogP contribution in [0.3, 0.4) is 0 Å². The molecule has 3 nitrogen and oxygen atoms in total. The monoisotopic (exact) mass is 374 g/mol. The second-order valence-electron chi connectivity index (χ2n) is 5.63. The molecule has 1 aromatic carbocycles. The first kappa shape index (κ1) is 18.5. The van der Waals surface area contributed by atoms with Crippen molar-refractivity contribution in [3.05, 3.63) is 34.3 Å². The van der Waals surface area contributed by atoms with Crippen LogP contribution in [0.2, 0.25) is 0 Å². The van der Waals surface area contributed by atoms with Crippen molar-refractivity contribution in [3.8, 4) is 0 Å². The van der Waals surface area contributed by atoms with Gasteiger partial charge in [-0.2, -0.15) is 0 Å². The van der Waals surface area contributed by atoms with E-state index >= 15 is 0 Å². The van der Waals surface area contributed by atoms with E-state index in [1.54, 1.807) is 0 Å². The standard InChI is InChI=1S/C16H23BrN2O.ClH/c1-18-10-11-19(2)15(20)16(8-3-4-9-16)13-6-5-7-14(17)12-13;/h5-7,12,18H,3-4,8-11H2,1-2H3;1H. The molecule has 1 N–H and O–H groups in total. The Balaban J connectivity index is 0.00000220. The van der Waals surface area contributed by atoms with Gasteiger partial charge in [-0.25, -0.2) is 0 Å². The van der Waals surface area contributed by atoms with Gasteiger partial charge in [0.1, 0.15) is 0 Å². The minimum atomic E-state index is -0.313. The maximum atomic E-state index is 13.0. The van der Waals surface area contributed by atoms with E-state index in [0.717, 1.165) is 48.8 Å². The summed E-state index contributed by atoms with van der Waals surface area (Å²) in [5, 5.41) is 3.10. The molecule has 1 amide bonds. The summed E-state index contributed by atoms with van der Waals surface area (Å²) in [5.74, 6) is 0.267. The van der Waals surface area contributed by atoms with E-state index < -0.39 is 0 Å². The summed E-state index contributed by atoms with van der Waals surface area (Å²) in [6.07, 6.45) is 4.20. The number of nitrogens with zero attached hydrogens (tertiary/aromatic N) is 1. The maximum absolute atomic E-state index is 13.0. The molecule has 0 aliphatic heterocycles. The van der Waals surface area contributed by atoms with Gasteiger partial charge in [-0.3, -0.25) is 4.79 Å². The summed E-state index contributed by atoms with van der Waals surface area (Å²) >= 11 is 3.53. The lowest BCUT2D eigenvalue weighted by Gasteiger charge is -2.33. The normalized spacial score (nSPS) is 16.3. The molecule has 1 aromatic rings. The first-order valence-electron chi connectivity index (χ1n) is 7.26. The van der Waals surface area contributed by atoms with Gasteiger partial charge in [-0.15, -0.1) is 12.4 Å². The third kappa shape index (κ3) is 3.99. The number of benzene rings is 1. The highest BCUT2D eigenvalue weighted by Gasteiger charge is 2.44. The number of carbonyl (C=O) groups is 1. The zero-order chi connectivity index (χ0) is 14.6. The molecule has 0 saturated heterocycles. The summed E-state index contributed by atoms with van der Waals surface area (Å²) in [7, 11) is 3.83. The van der Waals surface area contributed by atoms with Crippen molar-refractivity contribution in [2.75, 3.05) is 27.2 Å². The third-order valence-electron chi connectivity index (χ3n) is 4.29. The Morgan fingerprint density at radius 1 is 1.38 bits per heavy atom. The van der Waals surface area contributed by atoms with Crippen molar-refractivity contribution in [1.29, 1.82) is 0 Å². The van der Waals surface area contributed by atoms with Gasteiger partial charge in [-0.05, 0) is 37.6 Å². The van der Waals surface area contributed by atoms with E-state index in [2.05, 4.69) is 33.4 Å². The molecule has 21 heavy (non-hydrogen) atoms. The molecule has 0 heterocycles. The number of hydrogen-bond donors (Lipinski definition) is 1. The highest BCUT2D eigenvalue weighted by molar-refractivity contribution is 9.10. The van der Waals surface area contributed by atoms with Gasteiger partial charge in [0.25, 0.3) is 0 Å². The largest absolute Gasteiger partial charge is 0.344 e. The van der Waals surface area contributed by atoms with Gasteiger partial charge < -0.3 is 10.2 Å². The zero-order valence-corrected chi connectivity index (χ0v) is 15.1. The second kappa shape index (κ2) is 8.16. The Hall–Kier alpha value is -0.580. The van der Waals surface area contributed by atoms with Crippen LogP contribution in [0.1, 0.15) is 31.2 Å². The average molecular weight is 376 g/mol. The summed E-state index contributed by atoms with van der Waals surface area (Å²) < 4.78 is 1.05. The molecule has 0 spiro atoms. The van der Waals surface area contributed by atoms with Crippen molar-refractivity contribution in [2.45, 2.75) is 31.1 Å². The first-order chi connectivity index (χ1) is 9.60. The maximum Gasteiger partial charge on any atom is 0.233 e. The minimum absolute atomic E-state index is 0. The van der Waals surface area contributed by atoms with Crippen molar-refractivity contribution in [3.63, 3.8) is 0 Å². The molecule has 1 fully saturated rings. The van der Waals surface area contributed by atoms with E-state index in [1.165, 1.54) is 0 Å². The summed E-state index contributed by atoms with van der Waals surface area (Å²) in [5.41, 5.74) is 0.845. The van der Waals surface area contributed by atoms with Crippen LogP contribution in [-0.2, 0) is 10.2 Å². The lowest BCUT2D eigenvalue weighted by Crippen LogP contribution is -2.45. The van der Waals surface area contributed by atoms with Gasteiger partial charge in [0.2, 0.25) is 5.91 Å². The molecule has 118 valence electrons. The highest BCUT2D eigenvalue weighted by Crippen LogP contribution is 2.43. The fourth-order valence-corrected chi connectivity index (χ4v) is 3.54. The van der Waals surface area contributed by atoms with E-state index in [-0.39, 0.29) is 23.7 Å².